The predicted molar refractivity (Wildman–Crippen MR) is 163 cm³/mol. The van der Waals surface area contributed by atoms with Crippen LogP contribution < -0.4 is 9.47 Å². The number of pyridine rings is 2. The summed E-state index contributed by atoms with van der Waals surface area (Å²) in [7, 11) is 0. The number of aromatic nitrogens is 4. The minimum Gasteiger partial charge on any atom is -0.493 e. The molecular weight excluding hydrogens is 566 g/mol. The lowest BCUT2D eigenvalue weighted by Gasteiger charge is -2.34. The Bertz CT molecular complexity index is 1650. The van der Waals surface area contributed by atoms with Gasteiger partial charge in [-0.25, -0.2) is 19.6 Å². The summed E-state index contributed by atoms with van der Waals surface area (Å²) in [6.07, 6.45) is 4.89. The highest BCUT2D eigenvalue weighted by Crippen LogP contribution is 2.44. The first kappa shape index (κ1) is 30.8. The lowest BCUT2D eigenvalue weighted by molar-refractivity contribution is 0.0189. The summed E-state index contributed by atoms with van der Waals surface area (Å²) in [6, 6.07) is 3.50. The van der Waals surface area contributed by atoms with Crippen molar-refractivity contribution >= 4 is 23.1 Å². The molecule has 0 unspecified atom stereocenters. The Morgan fingerprint density at radius 1 is 1.07 bits per heavy atom. The molecule has 1 fully saturated rings. The van der Waals surface area contributed by atoms with Crippen LogP contribution in [0.15, 0.2) is 29.0 Å². The second-order valence-corrected chi connectivity index (χ2v) is 11.8. The molecule has 5 heterocycles. The monoisotopic (exact) mass is 605 g/mol. The van der Waals surface area contributed by atoms with E-state index >= 15 is 0 Å². The standard InChI is InChI=1S/C32H39N5O7/c1-8-41-25-15-24(30(38)39)34-29(42-9-2)27(25)23-17-37(21-10-12-36(13-11-21)31(40)43-32(5,6)7)28-22(23)14-20(16-33-28)26-18(3)35-44-19(26)4/h14-17,21H,8-13H2,1-7H3,(H,38,39). The third-order valence-corrected chi connectivity index (χ3v) is 7.52. The van der Waals surface area contributed by atoms with Crippen LogP contribution in [0.1, 0.15) is 75.4 Å². The quantitative estimate of drug-likeness (QED) is 0.238. The molecule has 1 saturated heterocycles. The van der Waals surface area contributed by atoms with E-state index < -0.39 is 11.6 Å². The zero-order chi connectivity index (χ0) is 31.8. The van der Waals surface area contributed by atoms with Gasteiger partial charge in [0.05, 0.1) is 24.5 Å². The van der Waals surface area contributed by atoms with Gasteiger partial charge in [0.1, 0.15) is 22.8 Å². The molecule has 0 radical (unpaired) electrons. The van der Waals surface area contributed by atoms with E-state index in [1.807, 2.05) is 66.9 Å². The molecule has 4 aromatic heterocycles. The lowest BCUT2D eigenvalue weighted by atomic mass is 10.0. The Hall–Kier alpha value is -4.61. The molecule has 4 aromatic rings. The molecular formula is C32H39N5O7. The Kier molecular flexibility index (Phi) is 8.53. The van der Waals surface area contributed by atoms with E-state index in [4.69, 9.17) is 23.7 Å². The maximum atomic E-state index is 12.7. The minimum atomic E-state index is -1.18. The second-order valence-electron chi connectivity index (χ2n) is 11.8. The highest BCUT2D eigenvalue weighted by atomic mass is 16.6. The third kappa shape index (κ3) is 6.06. The maximum Gasteiger partial charge on any atom is 0.410 e. The van der Waals surface area contributed by atoms with Gasteiger partial charge in [-0.3, -0.25) is 0 Å². The van der Waals surface area contributed by atoms with Gasteiger partial charge in [0.15, 0.2) is 5.69 Å². The zero-order valence-corrected chi connectivity index (χ0v) is 26.3. The number of carbonyl (C=O) groups is 2. The predicted octanol–water partition coefficient (Wildman–Crippen LogP) is 6.44. The van der Waals surface area contributed by atoms with Crippen molar-refractivity contribution in [1.29, 1.82) is 0 Å². The molecule has 0 atom stereocenters. The molecule has 0 saturated carbocycles. The molecule has 234 valence electrons. The molecule has 12 nitrogen and oxygen atoms in total. The van der Waals surface area contributed by atoms with Crippen LogP contribution in [0.25, 0.3) is 33.3 Å². The fourth-order valence-corrected chi connectivity index (χ4v) is 5.66. The van der Waals surface area contributed by atoms with Gasteiger partial charge in [-0.2, -0.15) is 0 Å². The summed E-state index contributed by atoms with van der Waals surface area (Å²) in [5, 5.41) is 14.7. The van der Waals surface area contributed by atoms with Crippen LogP contribution in [0.4, 0.5) is 4.79 Å². The van der Waals surface area contributed by atoms with Crippen LogP contribution >= 0.6 is 0 Å². The van der Waals surface area contributed by atoms with E-state index in [0.29, 0.717) is 49.6 Å². The number of aryl methyl sites for hydroxylation is 2. The van der Waals surface area contributed by atoms with E-state index in [0.717, 1.165) is 33.4 Å². The Morgan fingerprint density at radius 3 is 2.36 bits per heavy atom. The first-order valence-corrected chi connectivity index (χ1v) is 14.9. The molecule has 1 N–H and O–H groups in total. The number of fused-ring (bicyclic) bond motifs is 1. The van der Waals surface area contributed by atoms with Crippen LogP contribution in [0.2, 0.25) is 0 Å². The fourth-order valence-electron chi connectivity index (χ4n) is 5.66. The van der Waals surface area contributed by atoms with Gasteiger partial charge < -0.3 is 33.3 Å². The summed E-state index contributed by atoms with van der Waals surface area (Å²) in [6.45, 7) is 14.6. The Morgan fingerprint density at radius 2 is 1.77 bits per heavy atom. The van der Waals surface area contributed by atoms with Gasteiger partial charge in [0.25, 0.3) is 0 Å². The number of amides is 1. The molecule has 0 aromatic carbocycles. The number of ether oxygens (including phenoxy) is 3. The van der Waals surface area contributed by atoms with Crippen molar-refractivity contribution in [1.82, 2.24) is 24.6 Å². The number of aromatic carboxylic acids is 1. The molecule has 12 heteroatoms. The zero-order valence-electron chi connectivity index (χ0n) is 26.3. The SMILES string of the molecule is CCOc1cc(C(=O)O)nc(OCC)c1-c1cn(C2CCN(C(=O)OC(C)(C)C)CC2)c2ncc(-c3c(C)noc3C)cc12. The number of carbonyl (C=O) groups excluding carboxylic acids is 1. The van der Waals surface area contributed by atoms with Gasteiger partial charge in [-0.15, -0.1) is 0 Å². The minimum absolute atomic E-state index is 0.0414. The summed E-state index contributed by atoms with van der Waals surface area (Å²) >= 11 is 0. The normalized spacial score (nSPS) is 14.2. The van der Waals surface area contributed by atoms with Gasteiger partial charge in [-0.1, -0.05) is 5.16 Å². The molecule has 1 aliphatic rings. The third-order valence-electron chi connectivity index (χ3n) is 7.52. The van der Waals surface area contributed by atoms with Gasteiger partial charge in [-0.05, 0) is 67.4 Å². The molecule has 44 heavy (non-hydrogen) atoms. The van der Waals surface area contributed by atoms with E-state index in [9.17, 15) is 14.7 Å². The van der Waals surface area contributed by atoms with Crippen LogP contribution in [0.5, 0.6) is 11.6 Å². The number of hydrogen-bond donors (Lipinski definition) is 1. The summed E-state index contributed by atoms with van der Waals surface area (Å²) < 4.78 is 25.1. The number of nitrogens with zero attached hydrogens (tertiary/aromatic N) is 5. The average Bonchev–Trinajstić information content (AvgIpc) is 3.51. The smallest absolute Gasteiger partial charge is 0.410 e. The molecule has 1 amide bonds. The van der Waals surface area contributed by atoms with Crippen molar-refractivity contribution in [2.45, 2.75) is 73.0 Å². The van der Waals surface area contributed by atoms with Gasteiger partial charge in [0.2, 0.25) is 5.88 Å². The topological polar surface area (TPSA) is 142 Å². The molecule has 0 aliphatic carbocycles. The molecule has 0 spiro atoms. The molecule has 0 bridgehead atoms. The van der Waals surface area contributed by atoms with E-state index in [1.165, 1.54) is 6.07 Å². The first-order chi connectivity index (χ1) is 20.9. The summed E-state index contributed by atoms with van der Waals surface area (Å²) in [4.78, 5) is 35.7. The number of carboxylic acids is 1. The Balaban J connectivity index is 1.66. The number of carboxylic acid groups (broad SMARTS) is 1. The van der Waals surface area contributed by atoms with E-state index in [1.54, 1.807) is 4.90 Å². The van der Waals surface area contributed by atoms with Crippen molar-refractivity contribution < 1.29 is 33.4 Å². The average molecular weight is 606 g/mol. The van der Waals surface area contributed by atoms with E-state index in [2.05, 4.69) is 14.7 Å². The second kappa shape index (κ2) is 12.2. The number of piperidine rings is 1. The van der Waals surface area contributed by atoms with Crippen molar-refractivity contribution in [3.8, 4) is 33.9 Å². The number of rotatable bonds is 8. The first-order valence-electron chi connectivity index (χ1n) is 14.9. The van der Waals surface area contributed by atoms with Crippen LogP contribution in [-0.4, -0.2) is 73.7 Å². The van der Waals surface area contributed by atoms with Crippen molar-refractivity contribution in [3.05, 3.63) is 41.7 Å². The highest BCUT2D eigenvalue weighted by molar-refractivity contribution is 6.00. The highest BCUT2D eigenvalue weighted by Gasteiger charge is 2.31. The van der Waals surface area contributed by atoms with Crippen LogP contribution in [-0.2, 0) is 4.74 Å². The lowest BCUT2D eigenvalue weighted by Crippen LogP contribution is -2.42. The fraction of sp³-hybridized carbons (Fsp3) is 0.469. The van der Waals surface area contributed by atoms with Crippen LogP contribution in [0.3, 0.4) is 0 Å². The van der Waals surface area contributed by atoms with Crippen LogP contribution in [0, 0.1) is 13.8 Å². The van der Waals surface area contributed by atoms with Crippen molar-refractivity contribution in [2.24, 2.45) is 0 Å². The summed E-state index contributed by atoms with van der Waals surface area (Å²) in [5.74, 6) is 0.0129. The van der Waals surface area contributed by atoms with Gasteiger partial charge >= 0.3 is 12.1 Å². The van der Waals surface area contributed by atoms with E-state index in [-0.39, 0.29) is 30.3 Å². The summed E-state index contributed by atoms with van der Waals surface area (Å²) in [5.41, 5.74) is 3.72. The molecule has 1 aliphatic heterocycles. The van der Waals surface area contributed by atoms with Crippen molar-refractivity contribution in [2.75, 3.05) is 26.3 Å². The number of hydrogen-bond acceptors (Lipinski definition) is 9. The maximum absolute atomic E-state index is 12.7. The number of likely N-dealkylation sites (tertiary alicyclic amines) is 1. The Labute approximate surface area is 255 Å². The van der Waals surface area contributed by atoms with Crippen molar-refractivity contribution in [3.63, 3.8) is 0 Å². The van der Waals surface area contributed by atoms with Gasteiger partial charge in [0, 0.05) is 59.7 Å². The largest absolute Gasteiger partial charge is 0.493 e. The molecule has 5 rings (SSSR count).